The van der Waals surface area contributed by atoms with Gasteiger partial charge in [0.2, 0.25) is 15.9 Å². The zero-order chi connectivity index (χ0) is 14.4. The first-order chi connectivity index (χ1) is 8.59. The Labute approximate surface area is 105 Å². The van der Waals surface area contributed by atoms with E-state index in [1.165, 1.54) is 0 Å². The molecule has 1 amide bonds. The third kappa shape index (κ3) is 2.71. The molecule has 2 rings (SSSR count). The van der Waals surface area contributed by atoms with Crippen molar-refractivity contribution in [2.45, 2.75) is 17.8 Å². The molecule has 0 radical (unpaired) electrons. The molecular weight excluding hydrogens is 289 g/mol. The van der Waals surface area contributed by atoms with Gasteiger partial charge in [0.25, 0.3) is 0 Å². The molecule has 1 aliphatic heterocycles. The number of hydrogen-bond donors (Lipinski definition) is 2. The van der Waals surface area contributed by atoms with Crippen LogP contribution in [0.5, 0.6) is 0 Å². The van der Waals surface area contributed by atoms with Crippen molar-refractivity contribution in [3.05, 3.63) is 11.8 Å². The second-order valence-corrected chi connectivity index (χ2v) is 5.90. The van der Waals surface area contributed by atoms with Crippen LogP contribution < -0.4 is 10.0 Å². The molecule has 0 bridgehead atoms. The Kier molecular flexibility index (Phi) is 3.05. The van der Waals surface area contributed by atoms with E-state index in [1.54, 1.807) is 5.10 Å². The number of nitrogens with one attached hydrogen (secondary N) is 1. The molecule has 1 unspecified atom stereocenters. The Morgan fingerprint density at radius 1 is 1.47 bits per heavy atom. The Hall–Kier alpha value is -1.62. The number of H-pyrrole nitrogens is 1. The van der Waals surface area contributed by atoms with E-state index in [9.17, 15) is 26.4 Å². The van der Waals surface area contributed by atoms with Crippen LogP contribution >= 0.6 is 0 Å². The largest absolute Gasteiger partial charge is 0.432 e. The van der Waals surface area contributed by atoms with Crippen molar-refractivity contribution in [1.82, 2.24) is 10.2 Å². The molecule has 106 valence electrons. The molecule has 0 aromatic carbocycles. The number of primary sulfonamides is 1. The Morgan fingerprint density at radius 2 is 2.11 bits per heavy atom. The lowest BCUT2D eigenvalue weighted by atomic mass is 10.4. The number of hydrogen-bond acceptors (Lipinski definition) is 4. The lowest BCUT2D eigenvalue weighted by Gasteiger charge is -2.12. The second-order valence-electron chi connectivity index (χ2n) is 4.06. The summed E-state index contributed by atoms with van der Waals surface area (Å²) in [5.74, 6) is -0.914. The van der Waals surface area contributed by atoms with Crippen LogP contribution in [0, 0.1) is 0 Å². The van der Waals surface area contributed by atoms with E-state index in [-0.39, 0.29) is 18.8 Å². The summed E-state index contributed by atoms with van der Waals surface area (Å²) < 4.78 is 59.3. The van der Waals surface area contributed by atoms with E-state index in [4.69, 9.17) is 5.14 Å². The summed E-state index contributed by atoms with van der Waals surface area (Å²) in [7, 11) is -3.92. The molecule has 11 heteroatoms. The third-order valence-electron chi connectivity index (χ3n) is 2.70. The second kappa shape index (κ2) is 4.20. The van der Waals surface area contributed by atoms with Crippen LogP contribution in [0.15, 0.2) is 6.07 Å². The van der Waals surface area contributed by atoms with Gasteiger partial charge in [0.15, 0.2) is 5.82 Å². The maximum atomic E-state index is 12.4. The van der Waals surface area contributed by atoms with Gasteiger partial charge in [-0.15, -0.1) is 0 Å². The van der Waals surface area contributed by atoms with Crippen LogP contribution in [0.4, 0.5) is 19.0 Å². The molecule has 2 heterocycles. The predicted molar refractivity (Wildman–Crippen MR) is 57.5 cm³/mol. The molecule has 1 aliphatic rings. The van der Waals surface area contributed by atoms with E-state index >= 15 is 0 Å². The lowest BCUT2D eigenvalue weighted by Crippen LogP contribution is -2.32. The highest BCUT2D eigenvalue weighted by Gasteiger charge is 2.40. The first-order valence-corrected chi connectivity index (χ1v) is 6.64. The summed E-state index contributed by atoms with van der Waals surface area (Å²) in [4.78, 5) is 12.4. The highest BCUT2D eigenvalue weighted by atomic mass is 32.2. The Bertz CT molecular complexity index is 609. The number of anilines is 1. The smallest absolute Gasteiger partial charge is 0.294 e. The van der Waals surface area contributed by atoms with Crippen molar-refractivity contribution in [2.24, 2.45) is 5.14 Å². The van der Waals surface area contributed by atoms with Crippen molar-refractivity contribution in [1.29, 1.82) is 0 Å². The summed E-state index contributed by atoms with van der Waals surface area (Å²) in [6, 6.07) is 0.642. The molecule has 0 saturated carbocycles. The van der Waals surface area contributed by atoms with E-state index in [0.29, 0.717) is 6.07 Å². The van der Waals surface area contributed by atoms with Gasteiger partial charge in [0.05, 0.1) is 0 Å². The molecule has 0 aliphatic carbocycles. The quantitative estimate of drug-likeness (QED) is 0.789. The molecule has 7 nitrogen and oxygen atoms in total. The van der Waals surface area contributed by atoms with Gasteiger partial charge >= 0.3 is 6.18 Å². The van der Waals surface area contributed by atoms with E-state index < -0.39 is 33.1 Å². The van der Waals surface area contributed by atoms with Gasteiger partial charge < -0.3 is 0 Å². The monoisotopic (exact) mass is 298 g/mol. The fourth-order valence-corrected chi connectivity index (χ4v) is 2.44. The van der Waals surface area contributed by atoms with Crippen LogP contribution in [-0.4, -0.2) is 36.3 Å². The number of sulfonamides is 1. The zero-order valence-corrected chi connectivity index (χ0v) is 10.1. The number of aromatic amines is 1. The van der Waals surface area contributed by atoms with Crippen molar-refractivity contribution >= 4 is 21.7 Å². The highest BCUT2D eigenvalue weighted by Crippen LogP contribution is 2.31. The van der Waals surface area contributed by atoms with Crippen LogP contribution in [0.3, 0.4) is 0 Å². The van der Waals surface area contributed by atoms with Gasteiger partial charge in [-0.3, -0.25) is 14.8 Å². The molecule has 1 aromatic heterocycles. The Morgan fingerprint density at radius 3 is 2.53 bits per heavy atom. The first-order valence-electron chi connectivity index (χ1n) is 5.03. The summed E-state index contributed by atoms with van der Waals surface area (Å²) in [5.41, 5.74) is -1.12. The minimum atomic E-state index is -4.62. The number of nitrogens with zero attached hydrogens (tertiary/aromatic N) is 2. The summed E-state index contributed by atoms with van der Waals surface area (Å²) >= 11 is 0. The topological polar surface area (TPSA) is 109 Å². The number of aromatic nitrogens is 2. The van der Waals surface area contributed by atoms with Gasteiger partial charge in [-0.25, -0.2) is 13.6 Å². The summed E-state index contributed by atoms with van der Waals surface area (Å²) in [6.07, 6.45) is -4.99. The molecule has 0 spiro atoms. The van der Waals surface area contributed by atoms with E-state index in [0.717, 1.165) is 4.90 Å². The highest BCUT2D eigenvalue weighted by molar-refractivity contribution is 7.89. The number of carbonyl (C=O) groups excluding carboxylic acids is 1. The maximum absolute atomic E-state index is 12.4. The van der Waals surface area contributed by atoms with Crippen molar-refractivity contribution in [3.63, 3.8) is 0 Å². The van der Waals surface area contributed by atoms with Crippen LogP contribution in [-0.2, 0) is 21.0 Å². The summed E-state index contributed by atoms with van der Waals surface area (Å²) in [6.45, 7) is -0.306. The standard InChI is InChI=1S/C8H9F3N4O3S/c9-8(10,11)5-2-6(14-13-5)15-3-4(1-7(15)16)19(12,17)18/h2,4H,1,3H2,(H,13,14)(H2,12,17,18). The molecular formula is C8H9F3N4O3S. The minimum Gasteiger partial charge on any atom is -0.294 e. The number of nitrogens with two attached hydrogens (primary N) is 1. The molecule has 3 N–H and O–H groups in total. The normalized spacial score (nSPS) is 21.2. The fraction of sp³-hybridized carbons (Fsp3) is 0.500. The van der Waals surface area contributed by atoms with E-state index in [2.05, 4.69) is 5.10 Å². The van der Waals surface area contributed by atoms with Gasteiger partial charge in [-0.2, -0.15) is 18.3 Å². The van der Waals surface area contributed by atoms with Crippen LogP contribution in [0.25, 0.3) is 0 Å². The Balaban J connectivity index is 2.24. The number of carbonyl (C=O) groups is 1. The van der Waals surface area contributed by atoms with Crippen LogP contribution in [0.1, 0.15) is 12.1 Å². The van der Waals surface area contributed by atoms with Gasteiger partial charge in [-0.05, 0) is 0 Å². The molecule has 19 heavy (non-hydrogen) atoms. The molecule has 1 saturated heterocycles. The van der Waals surface area contributed by atoms with Gasteiger partial charge in [-0.1, -0.05) is 0 Å². The number of amides is 1. The lowest BCUT2D eigenvalue weighted by molar-refractivity contribution is -0.141. The van der Waals surface area contributed by atoms with Crippen molar-refractivity contribution < 1.29 is 26.4 Å². The van der Waals surface area contributed by atoms with Crippen molar-refractivity contribution in [2.75, 3.05) is 11.4 Å². The number of rotatable bonds is 2. The maximum Gasteiger partial charge on any atom is 0.432 e. The number of alkyl halides is 3. The average Bonchev–Trinajstić information content (AvgIpc) is 2.80. The SMILES string of the molecule is NS(=O)(=O)C1CC(=O)N(c2cc(C(F)(F)F)[nH]n2)C1. The average molecular weight is 298 g/mol. The predicted octanol–water partition coefficient (Wildman–Crippen LogP) is -0.178. The van der Waals surface area contributed by atoms with Crippen LogP contribution in [0.2, 0.25) is 0 Å². The van der Waals surface area contributed by atoms with E-state index in [1.807, 2.05) is 0 Å². The van der Waals surface area contributed by atoms with Crippen molar-refractivity contribution in [3.8, 4) is 0 Å². The third-order valence-corrected chi connectivity index (χ3v) is 3.95. The first kappa shape index (κ1) is 13.8. The zero-order valence-electron chi connectivity index (χ0n) is 9.31. The fourth-order valence-electron chi connectivity index (χ4n) is 1.71. The van der Waals surface area contributed by atoms with Gasteiger partial charge in [0.1, 0.15) is 10.9 Å². The van der Waals surface area contributed by atoms with Gasteiger partial charge in [0, 0.05) is 19.0 Å². The minimum absolute atomic E-state index is 0.275. The summed E-state index contributed by atoms with van der Waals surface area (Å²) in [5, 5.41) is 8.87. The molecule has 1 atom stereocenters. The molecule has 1 fully saturated rings. The number of halogens is 3. The molecule has 1 aromatic rings.